The fourth-order valence-electron chi connectivity index (χ4n) is 4.17. The van der Waals surface area contributed by atoms with Gasteiger partial charge in [-0.1, -0.05) is 37.1 Å². The van der Waals surface area contributed by atoms with Crippen LogP contribution < -0.4 is 15.5 Å². The highest BCUT2D eigenvalue weighted by Crippen LogP contribution is 2.37. The van der Waals surface area contributed by atoms with Crippen LogP contribution in [0, 0.1) is 18.6 Å². The first kappa shape index (κ1) is 25.8. The van der Waals surface area contributed by atoms with Gasteiger partial charge in [0.2, 0.25) is 5.43 Å². The molecule has 0 saturated carbocycles. The van der Waals surface area contributed by atoms with Crippen LogP contribution in [0.3, 0.4) is 0 Å². The zero-order valence-electron chi connectivity index (χ0n) is 20.1. The Morgan fingerprint density at radius 1 is 1.00 bits per heavy atom. The Bertz CT molecular complexity index is 1500. The number of rotatable bonds is 10. The zero-order chi connectivity index (χ0) is 26.5. The lowest BCUT2D eigenvalue weighted by Crippen LogP contribution is -2.21. The number of nitrogens with one attached hydrogen (secondary N) is 1. The lowest BCUT2D eigenvalue weighted by atomic mass is 9.91. The molecule has 2 aliphatic rings. The van der Waals surface area contributed by atoms with Crippen molar-refractivity contribution in [1.29, 1.82) is 0 Å². The second-order valence-electron chi connectivity index (χ2n) is 8.67. The maximum atomic E-state index is 15.1. The summed E-state index contributed by atoms with van der Waals surface area (Å²) >= 11 is 0. The number of hydrogen-bond donors (Lipinski definition) is 2. The highest BCUT2D eigenvalue weighted by atomic mass is 19.1. The van der Waals surface area contributed by atoms with Gasteiger partial charge in [-0.3, -0.25) is 9.59 Å². The number of carboxylic acid groups (broad SMARTS) is 1. The highest BCUT2D eigenvalue weighted by Gasteiger charge is 2.26. The standard InChI is InChI=1S/C28H25F2NO6/c1-16-8-4-5-9-17(16)27(33)26-18-12-20(29)22(32)14-23(18)37-24-15-25(21(30)13-19(24)26)36-11-7-3-2-6-10-31-28(34)35/h4-5,8-9,12-15,31H,2-3,6-7,10-11H2,1H3,(H,34,35). The quantitative estimate of drug-likeness (QED) is 0.156. The Morgan fingerprint density at radius 2 is 1.76 bits per heavy atom. The van der Waals surface area contributed by atoms with Gasteiger partial charge < -0.3 is 19.6 Å². The van der Waals surface area contributed by atoms with Crippen molar-refractivity contribution < 1.29 is 32.6 Å². The van der Waals surface area contributed by atoms with Crippen LogP contribution >= 0.6 is 0 Å². The summed E-state index contributed by atoms with van der Waals surface area (Å²) in [7, 11) is 0. The number of amides is 1. The summed E-state index contributed by atoms with van der Waals surface area (Å²) in [5.41, 5.74) is 0.388. The molecule has 2 aromatic rings. The minimum absolute atomic E-state index is 0.00311. The second kappa shape index (κ2) is 11.2. The molecule has 4 rings (SSSR count). The van der Waals surface area contributed by atoms with Crippen LogP contribution in [0.4, 0.5) is 13.6 Å². The van der Waals surface area contributed by atoms with Gasteiger partial charge in [0.25, 0.3) is 0 Å². The lowest BCUT2D eigenvalue weighted by Gasteiger charge is -2.16. The van der Waals surface area contributed by atoms with Crippen molar-refractivity contribution >= 4 is 22.8 Å². The first-order valence-corrected chi connectivity index (χ1v) is 11.9. The summed E-state index contributed by atoms with van der Waals surface area (Å²) in [6, 6.07) is 11.2. The van der Waals surface area contributed by atoms with Crippen LogP contribution in [0.15, 0.2) is 57.7 Å². The summed E-state index contributed by atoms with van der Waals surface area (Å²) in [6.07, 6.45) is 1.79. The molecule has 2 N–H and O–H groups in total. The van der Waals surface area contributed by atoms with Crippen molar-refractivity contribution in [2.75, 3.05) is 13.2 Å². The molecule has 9 heteroatoms. The number of hydrogen-bond acceptors (Lipinski definition) is 5. The minimum atomic E-state index is -1.06. The molecule has 0 bridgehead atoms. The fourth-order valence-corrected chi connectivity index (χ4v) is 4.17. The number of fused-ring (bicyclic) bond motifs is 2. The van der Waals surface area contributed by atoms with E-state index in [9.17, 15) is 18.8 Å². The monoisotopic (exact) mass is 509 g/mol. The van der Waals surface area contributed by atoms with Gasteiger partial charge in [0.1, 0.15) is 11.3 Å². The predicted octanol–water partition coefficient (Wildman–Crippen LogP) is 5.92. The molecule has 7 nitrogen and oxygen atoms in total. The molecule has 0 radical (unpaired) electrons. The van der Waals surface area contributed by atoms with Gasteiger partial charge in [-0.25, -0.2) is 13.6 Å². The van der Waals surface area contributed by atoms with E-state index in [1.54, 1.807) is 31.2 Å². The molecule has 0 unspecified atom stereocenters. The largest absolute Gasteiger partial charge is 0.490 e. The van der Waals surface area contributed by atoms with Crippen LogP contribution in [0.5, 0.6) is 5.75 Å². The number of ether oxygens (including phenoxy) is 1. The van der Waals surface area contributed by atoms with Crippen LogP contribution in [0.2, 0.25) is 0 Å². The number of carbonyl (C=O) groups excluding carboxylic acids is 1. The molecule has 0 saturated heterocycles. The van der Waals surface area contributed by atoms with Gasteiger partial charge >= 0.3 is 6.09 Å². The number of carbonyl (C=O) groups is 2. The molecule has 0 aromatic heterocycles. The van der Waals surface area contributed by atoms with Gasteiger partial charge in [-0.2, -0.15) is 0 Å². The van der Waals surface area contributed by atoms with E-state index in [0.717, 1.165) is 31.0 Å². The Kier molecular flexibility index (Phi) is 7.81. The van der Waals surface area contributed by atoms with E-state index in [2.05, 4.69) is 5.32 Å². The molecule has 0 atom stereocenters. The van der Waals surface area contributed by atoms with E-state index < -0.39 is 28.9 Å². The molecular weight excluding hydrogens is 484 g/mol. The smallest absolute Gasteiger partial charge is 0.404 e. The average molecular weight is 510 g/mol. The summed E-state index contributed by atoms with van der Waals surface area (Å²) in [6.45, 7) is 2.34. The average Bonchev–Trinajstić information content (AvgIpc) is 2.85. The molecule has 192 valence electrons. The second-order valence-corrected chi connectivity index (χ2v) is 8.67. The van der Waals surface area contributed by atoms with E-state index in [4.69, 9.17) is 14.3 Å². The molecule has 0 spiro atoms. The van der Waals surface area contributed by atoms with Crippen LogP contribution in [0.1, 0.15) is 47.2 Å². The molecule has 0 fully saturated rings. The minimum Gasteiger partial charge on any atom is -0.490 e. The third-order valence-corrected chi connectivity index (χ3v) is 6.05. The van der Waals surface area contributed by atoms with Crippen LogP contribution in [-0.4, -0.2) is 30.1 Å². The maximum absolute atomic E-state index is 15.1. The third-order valence-electron chi connectivity index (χ3n) is 6.05. The van der Waals surface area contributed by atoms with Crippen molar-refractivity contribution in [3.8, 4) is 17.1 Å². The first-order valence-electron chi connectivity index (χ1n) is 11.9. The van der Waals surface area contributed by atoms with E-state index in [-0.39, 0.29) is 40.2 Å². The summed E-state index contributed by atoms with van der Waals surface area (Å²) < 4.78 is 40.7. The van der Waals surface area contributed by atoms with Crippen molar-refractivity contribution in [2.24, 2.45) is 0 Å². The number of unbranched alkanes of at least 4 members (excludes halogenated alkanes) is 3. The zero-order valence-corrected chi connectivity index (χ0v) is 20.1. The SMILES string of the molecule is Cc1ccccc1C(=O)c1c2cc(F)c(=O)cc-2oc2cc(OCCCCCCNC(=O)O)c(F)cc12. The summed E-state index contributed by atoms with van der Waals surface area (Å²) in [5, 5.41) is 11.0. The lowest BCUT2D eigenvalue weighted by molar-refractivity contribution is 0.103. The number of benzene rings is 3. The highest BCUT2D eigenvalue weighted by molar-refractivity contribution is 6.20. The number of ketones is 1. The first-order chi connectivity index (χ1) is 17.8. The van der Waals surface area contributed by atoms with Gasteiger partial charge in [0.05, 0.1) is 6.61 Å². The molecule has 1 aliphatic carbocycles. The molecule has 1 aliphatic heterocycles. The van der Waals surface area contributed by atoms with Gasteiger partial charge in [0, 0.05) is 40.8 Å². The summed E-state index contributed by atoms with van der Waals surface area (Å²) in [5.74, 6) is -2.29. The Hall–Kier alpha value is -4.27. The summed E-state index contributed by atoms with van der Waals surface area (Å²) in [4.78, 5) is 36.0. The fraction of sp³-hybridized carbons (Fsp3) is 0.250. The van der Waals surface area contributed by atoms with E-state index in [1.165, 1.54) is 6.07 Å². The number of halogens is 2. The maximum Gasteiger partial charge on any atom is 0.404 e. The molecule has 1 heterocycles. The Balaban J connectivity index is 1.65. The number of aryl methyl sites for hydroxylation is 1. The molecule has 37 heavy (non-hydrogen) atoms. The van der Waals surface area contributed by atoms with Gasteiger partial charge in [0.15, 0.2) is 23.2 Å². The van der Waals surface area contributed by atoms with Crippen LogP contribution in [-0.2, 0) is 0 Å². The van der Waals surface area contributed by atoms with E-state index in [1.807, 2.05) is 0 Å². The Morgan fingerprint density at radius 3 is 2.51 bits per heavy atom. The molecular formula is C28H25F2NO6. The van der Waals surface area contributed by atoms with Crippen molar-refractivity contribution in [1.82, 2.24) is 5.32 Å². The Labute approximate surface area is 211 Å². The molecule has 2 aromatic carbocycles. The molecule has 1 amide bonds. The van der Waals surface area contributed by atoms with Crippen molar-refractivity contribution in [2.45, 2.75) is 32.6 Å². The van der Waals surface area contributed by atoms with Crippen molar-refractivity contribution in [3.63, 3.8) is 0 Å². The topological polar surface area (TPSA) is 106 Å². The van der Waals surface area contributed by atoms with Crippen LogP contribution in [0.25, 0.3) is 22.3 Å². The third kappa shape index (κ3) is 5.77. The van der Waals surface area contributed by atoms with E-state index >= 15 is 4.39 Å². The van der Waals surface area contributed by atoms with Crippen molar-refractivity contribution in [3.05, 3.63) is 87.1 Å². The van der Waals surface area contributed by atoms with Gasteiger partial charge in [-0.05, 0) is 37.5 Å². The van der Waals surface area contributed by atoms with E-state index in [0.29, 0.717) is 30.5 Å². The normalized spacial score (nSPS) is 11.1. The van der Waals surface area contributed by atoms with Gasteiger partial charge in [-0.15, -0.1) is 0 Å². The predicted molar refractivity (Wildman–Crippen MR) is 134 cm³/mol.